The third kappa shape index (κ3) is 8.15. The Morgan fingerprint density at radius 3 is 2.51 bits per heavy atom. The van der Waals surface area contributed by atoms with Crippen molar-refractivity contribution in [3.63, 3.8) is 0 Å². The molecule has 11 heteroatoms. The zero-order valence-electron chi connectivity index (χ0n) is 21.7. The molecule has 39 heavy (non-hydrogen) atoms. The number of hydrogen-bond donors (Lipinski definition) is 3. The van der Waals surface area contributed by atoms with Gasteiger partial charge in [-0.25, -0.2) is 0 Å². The van der Waals surface area contributed by atoms with Crippen LogP contribution in [0.3, 0.4) is 0 Å². The molecular weight excluding hydrogens is 499 g/mol. The zero-order valence-corrected chi connectivity index (χ0v) is 21.7. The van der Waals surface area contributed by atoms with Crippen molar-refractivity contribution < 1.29 is 29.1 Å². The van der Waals surface area contributed by atoms with E-state index in [1.807, 2.05) is 36.4 Å². The molecule has 2 aliphatic heterocycles. The highest BCUT2D eigenvalue weighted by atomic mass is 16.5. The van der Waals surface area contributed by atoms with Gasteiger partial charge in [-0.2, -0.15) is 5.26 Å². The van der Waals surface area contributed by atoms with Gasteiger partial charge >= 0.3 is 7.12 Å². The van der Waals surface area contributed by atoms with Gasteiger partial charge in [-0.1, -0.05) is 42.5 Å². The highest BCUT2D eigenvalue weighted by Gasteiger charge is 2.31. The maximum absolute atomic E-state index is 13.0. The molecule has 10 nitrogen and oxygen atoms in total. The molecule has 2 heterocycles. The molecule has 0 aliphatic carbocycles. The van der Waals surface area contributed by atoms with Crippen molar-refractivity contribution >= 4 is 25.0 Å². The number of amides is 2. The van der Waals surface area contributed by atoms with Crippen LogP contribution >= 0.6 is 0 Å². The molecule has 0 radical (unpaired) electrons. The average molecular weight is 532 g/mol. The van der Waals surface area contributed by atoms with Gasteiger partial charge in [-0.05, 0) is 35.8 Å². The highest BCUT2D eigenvalue weighted by molar-refractivity contribution is 6.43. The standard InChI is InChI=1S/C28H33BN4O6/c30-18-23(28(35)33-12-10-32(11-13-33)24-19-38-20-24)15-22-7-4-8-25(16-22)39-14-9-27(34)31-26(29(36)37)17-21-5-2-1-3-6-21/h1-8,15-16,24,26,36-37H,9-14,17,19-20H2,(H,31,34). The molecule has 0 spiro atoms. The lowest BCUT2D eigenvalue weighted by Gasteiger charge is -2.42. The van der Waals surface area contributed by atoms with E-state index in [4.69, 9.17) is 9.47 Å². The predicted molar refractivity (Wildman–Crippen MR) is 145 cm³/mol. The Morgan fingerprint density at radius 2 is 1.87 bits per heavy atom. The number of rotatable bonds is 11. The summed E-state index contributed by atoms with van der Waals surface area (Å²) in [5, 5.41) is 31.6. The average Bonchev–Trinajstić information content (AvgIpc) is 2.91. The Kier molecular flexibility index (Phi) is 10.1. The minimum absolute atomic E-state index is 0.0129. The fraction of sp³-hybridized carbons (Fsp3) is 0.393. The van der Waals surface area contributed by atoms with Gasteiger partial charge in [0.05, 0.1) is 38.2 Å². The Balaban J connectivity index is 1.26. The number of nitrogens with zero attached hydrogens (tertiary/aromatic N) is 3. The van der Waals surface area contributed by atoms with Gasteiger partial charge in [0, 0.05) is 26.2 Å². The van der Waals surface area contributed by atoms with E-state index in [1.165, 1.54) is 0 Å². The lowest BCUT2D eigenvalue weighted by molar-refractivity contribution is -0.131. The second-order valence-corrected chi connectivity index (χ2v) is 9.64. The van der Waals surface area contributed by atoms with E-state index in [-0.39, 0.29) is 36.8 Å². The van der Waals surface area contributed by atoms with E-state index in [1.54, 1.807) is 35.2 Å². The van der Waals surface area contributed by atoms with Crippen LogP contribution in [-0.2, 0) is 20.7 Å². The van der Waals surface area contributed by atoms with Crippen molar-refractivity contribution in [3.8, 4) is 11.8 Å². The van der Waals surface area contributed by atoms with E-state index in [2.05, 4.69) is 10.2 Å². The Bertz CT molecular complexity index is 1190. The van der Waals surface area contributed by atoms with Crippen molar-refractivity contribution in [2.45, 2.75) is 24.8 Å². The predicted octanol–water partition coefficient (Wildman–Crippen LogP) is 0.645. The summed E-state index contributed by atoms with van der Waals surface area (Å²) in [5.74, 6) is -1.02. The summed E-state index contributed by atoms with van der Waals surface area (Å²) in [6.07, 6.45) is 1.84. The zero-order chi connectivity index (χ0) is 27.6. The first-order valence-electron chi connectivity index (χ1n) is 13.1. The van der Waals surface area contributed by atoms with Crippen LogP contribution in [0.2, 0.25) is 0 Å². The molecule has 1 atom stereocenters. The minimum atomic E-state index is -1.70. The van der Waals surface area contributed by atoms with E-state index in [9.17, 15) is 24.9 Å². The van der Waals surface area contributed by atoms with E-state index >= 15 is 0 Å². The van der Waals surface area contributed by atoms with Gasteiger partial charge in [0.15, 0.2) is 0 Å². The van der Waals surface area contributed by atoms with Crippen molar-refractivity contribution in [3.05, 3.63) is 71.3 Å². The molecule has 1 unspecified atom stereocenters. The van der Waals surface area contributed by atoms with Gasteiger partial charge < -0.3 is 29.7 Å². The molecule has 0 aromatic heterocycles. The molecular formula is C28H33BN4O6. The number of carbonyl (C=O) groups is 2. The maximum atomic E-state index is 13.0. The second kappa shape index (κ2) is 13.9. The number of carbonyl (C=O) groups excluding carboxylic acids is 2. The van der Waals surface area contributed by atoms with Crippen LogP contribution < -0.4 is 10.1 Å². The SMILES string of the molecule is N#CC(=Cc1cccc(OCCC(=O)NC(Cc2ccccc2)B(O)O)c1)C(=O)N1CCN(C2COC2)CC1. The van der Waals surface area contributed by atoms with Gasteiger partial charge in [-0.3, -0.25) is 14.5 Å². The fourth-order valence-electron chi connectivity index (χ4n) is 4.54. The fourth-order valence-corrected chi connectivity index (χ4v) is 4.54. The molecule has 4 rings (SSSR count). The smallest absolute Gasteiger partial charge is 0.475 e. The molecule has 3 N–H and O–H groups in total. The number of hydrogen-bond acceptors (Lipinski definition) is 8. The van der Waals surface area contributed by atoms with Crippen LogP contribution in [0.5, 0.6) is 5.75 Å². The molecule has 0 saturated carbocycles. The number of ether oxygens (including phenoxy) is 2. The molecule has 2 aromatic carbocycles. The quantitative estimate of drug-likeness (QED) is 0.218. The minimum Gasteiger partial charge on any atom is -0.493 e. The molecule has 0 bridgehead atoms. The largest absolute Gasteiger partial charge is 0.493 e. The van der Waals surface area contributed by atoms with Gasteiger partial charge in [0.1, 0.15) is 17.4 Å². The van der Waals surface area contributed by atoms with Crippen LogP contribution in [0.4, 0.5) is 0 Å². The first-order chi connectivity index (χ1) is 18.9. The summed E-state index contributed by atoms with van der Waals surface area (Å²) in [4.78, 5) is 29.4. The van der Waals surface area contributed by atoms with Crippen LogP contribution in [-0.4, -0.2) is 96.8 Å². The monoisotopic (exact) mass is 532 g/mol. The van der Waals surface area contributed by atoms with Gasteiger partial charge in [-0.15, -0.1) is 0 Å². The highest BCUT2D eigenvalue weighted by Crippen LogP contribution is 2.19. The molecule has 2 amide bonds. The first-order valence-corrected chi connectivity index (χ1v) is 13.1. The Labute approximate surface area is 228 Å². The van der Waals surface area contributed by atoms with Crippen molar-refractivity contribution in [1.29, 1.82) is 5.26 Å². The Morgan fingerprint density at radius 1 is 1.13 bits per heavy atom. The summed E-state index contributed by atoms with van der Waals surface area (Å²) < 4.78 is 11.0. The summed E-state index contributed by atoms with van der Waals surface area (Å²) in [5.41, 5.74) is 1.57. The van der Waals surface area contributed by atoms with E-state index < -0.39 is 13.1 Å². The third-order valence-electron chi connectivity index (χ3n) is 6.86. The first kappa shape index (κ1) is 28.3. The van der Waals surface area contributed by atoms with E-state index in [0.29, 0.717) is 30.4 Å². The summed E-state index contributed by atoms with van der Waals surface area (Å²) in [7, 11) is -1.70. The van der Waals surface area contributed by atoms with Crippen LogP contribution in [0.15, 0.2) is 60.2 Å². The van der Waals surface area contributed by atoms with Crippen molar-refractivity contribution in [2.24, 2.45) is 0 Å². The molecule has 204 valence electrons. The molecule has 2 aliphatic rings. The summed E-state index contributed by atoms with van der Waals surface area (Å²) in [6.45, 7) is 4.21. The molecule has 2 saturated heterocycles. The van der Waals surface area contributed by atoms with Crippen LogP contribution in [0.25, 0.3) is 6.08 Å². The number of benzene rings is 2. The van der Waals surface area contributed by atoms with E-state index in [0.717, 1.165) is 31.9 Å². The summed E-state index contributed by atoms with van der Waals surface area (Å²) >= 11 is 0. The topological polar surface area (TPSA) is 135 Å². The lowest BCUT2D eigenvalue weighted by atomic mass is 9.76. The molecule has 2 aromatic rings. The molecule has 2 fully saturated rings. The maximum Gasteiger partial charge on any atom is 0.475 e. The summed E-state index contributed by atoms with van der Waals surface area (Å²) in [6, 6.07) is 18.7. The lowest BCUT2D eigenvalue weighted by Crippen LogP contribution is -2.57. The van der Waals surface area contributed by atoms with Crippen molar-refractivity contribution in [1.82, 2.24) is 15.1 Å². The second-order valence-electron chi connectivity index (χ2n) is 9.64. The number of piperazine rings is 1. The van der Waals surface area contributed by atoms with Crippen LogP contribution in [0.1, 0.15) is 17.5 Å². The third-order valence-corrected chi connectivity index (χ3v) is 6.86. The van der Waals surface area contributed by atoms with Crippen LogP contribution in [0, 0.1) is 11.3 Å². The number of nitriles is 1. The van der Waals surface area contributed by atoms with Gasteiger partial charge in [0.25, 0.3) is 5.91 Å². The Hall–Kier alpha value is -3.69. The normalized spacial score (nSPS) is 17.1. The number of nitrogens with one attached hydrogen (secondary N) is 1. The van der Waals surface area contributed by atoms with Crippen molar-refractivity contribution in [2.75, 3.05) is 46.0 Å². The van der Waals surface area contributed by atoms with Gasteiger partial charge in [0.2, 0.25) is 5.91 Å².